The molecule has 0 radical (unpaired) electrons. The predicted octanol–water partition coefficient (Wildman–Crippen LogP) is 4.00. The number of nitrogens with zero attached hydrogens (tertiary/aromatic N) is 3. The van der Waals surface area contributed by atoms with E-state index < -0.39 is 17.7 Å². The minimum atomic E-state index is -0.777. The Morgan fingerprint density at radius 2 is 2.07 bits per heavy atom. The van der Waals surface area contributed by atoms with Crippen molar-refractivity contribution in [3.63, 3.8) is 0 Å². The summed E-state index contributed by atoms with van der Waals surface area (Å²) in [6.45, 7) is 0.532. The van der Waals surface area contributed by atoms with Crippen LogP contribution in [0.1, 0.15) is 35.1 Å². The molecule has 0 spiro atoms. The lowest BCUT2D eigenvalue weighted by Crippen LogP contribution is -2.31. The average Bonchev–Trinajstić information content (AvgIpc) is 3.36. The summed E-state index contributed by atoms with van der Waals surface area (Å²) in [5.74, 6) is -0.941. The Balaban J connectivity index is 1.62. The molecule has 0 unspecified atom stereocenters. The van der Waals surface area contributed by atoms with E-state index in [4.69, 9.17) is 9.26 Å². The van der Waals surface area contributed by atoms with Gasteiger partial charge >= 0.3 is 0 Å². The van der Waals surface area contributed by atoms with Gasteiger partial charge in [0, 0.05) is 12.6 Å². The predicted molar refractivity (Wildman–Crippen MR) is 95.7 cm³/mol. The van der Waals surface area contributed by atoms with E-state index in [1.807, 2.05) is 0 Å². The van der Waals surface area contributed by atoms with E-state index in [1.54, 1.807) is 29.2 Å². The van der Waals surface area contributed by atoms with Crippen LogP contribution in [0.3, 0.4) is 0 Å². The van der Waals surface area contributed by atoms with Gasteiger partial charge in [0.05, 0.1) is 18.2 Å². The van der Waals surface area contributed by atoms with Gasteiger partial charge in [-0.05, 0) is 37.1 Å². The molecule has 1 amide bonds. The fourth-order valence-corrected chi connectivity index (χ4v) is 3.39. The number of benzene rings is 2. The number of carbonyl (C=O) groups excluding carboxylic acids is 1. The first-order valence-corrected chi connectivity index (χ1v) is 8.81. The van der Waals surface area contributed by atoms with E-state index in [-0.39, 0.29) is 23.2 Å². The van der Waals surface area contributed by atoms with Gasteiger partial charge in [-0.15, -0.1) is 0 Å². The summed E-state index contributed by atoms with van der Waals surface area (Å²) in [7, 11) is 1.51. The molecule has 0 aliphatic carbocycles. The highest BCUT2D eigenvalue weighted by atomic mass is 19.1. The zero-order chi connectivity index (χ0) is 19.7. The second kappa shape index (κ2) is 7.38. The van der Waals surface area contributed by atoms with E-state index in [1.165, 1.54) is 13.2 Å². The maximum atomic E-state index is 14.0. The minimum absolute atomic E-state index is 0.0177. The third-order valence-corrected chi connectivity index (χ3v) is 4.75. The first kappa shape index (κ1) is 18.1. The molecule has 1 fully saturated rings. The molecule has 0 N–H and O–H groups in total. The van der Waals surface area contributed by atoms with E-state index in [2.05, 4.69) is 10.1 Å². The number of carbonyl (C=O) groups is 1. The van der Waals surface area contributed by atoms with Gasteiger partial charge in [0.15, 0.2) is 0 Å². The average molecular weight is 385 g/mol. The van der Waals surface area contributed by atoms with Crippen molar-refractivity contribution < 1.29 is 22.8 Å². The lowest BCUT2D eigenvalue weighted by Gasteiger charge is -2.22. The molecule has 8 heteroatoms. The Hall–Kier alpha value is -3.29. The second-order valence-electron chi connectivity index (χ2n) is 6.44. The molecule has 144 valence electrons. The number of hydrogen-bond acceptors (Lipinski definition) is 5. The fourth-order valence-electron chi connectivity index (χ4n) is 3.39. The molecule has 0 bridgehead atoms. The lowest BCUT2D eigenvalue weighted by molar-refractivity contribution is 0.0706. The molecule has 6 nitrogen and oxygen atoms in total. The molecule has 2 heterocycles. The van der Waals surface area contributed by atoms with Gasteiger partial charge in [0.25, 0.3) is 5.91 Å². The van der Waals surface area contributed by atoms with Crippen molar-refractivity contribution >= 4 is 5.91 Å². The molecule has 1 aliphatic rings. The third-order valence-electron chi connectivity index (χ3n) is 4.75. The van der Waals surface area contributed by atoms with Crippen molar-refractivity contribution in [3.8, 4) is 17.1 Å². The van der Waals surface area contributed by atoms with Crippen LogP contribution in [0.15, 0.2) is 47.0 Å². The van der Waals surface area contributed by atoms with Crippen LogP contribution >= 0.6 is 0 Å². The fraction of sp³-hybridized carbons (Fsp3) is 0.250. The standard InChI is InChI=1S/C20H17F2N3O3/c1-27-17-7-3-2-5-14(17)20(26)25-10-4-6-16(25)19-23-18(24-28-19)13-9-8-12(21)11-15(13)22/h2-3,5,7-9,11,16H,4,6,10H2,1H3/t16-/m0/s1. The summed E-state index contributed by atoms with van der Waals surface area (Å²) < 4.78 is 37.7. The molecule has 1 aliphatic heterocycles. The Kier molecular flexibility index (Phi) is 4.77. The van der Waals surface area contributed by atoms with Gasteiger partial charge in [-0.3, -0.25) is 4.79 Å². The molecule has 4 rings (SSSR count). The smallest absolute Gasteiger partial charge is 0.258 e. The van der Waals surface area contributed by atoms with Crippen molar-refractivity contribution in [1.29, 1.82) is 0 Å². The van der Waals surface area contributed by atoms with Gasteiger partial charge in [-0.25, -0.2) is 8.78 Å². The van der Waals surface area contributed by atoms with Crippen LogP contribution in [-0.4, -0.2) is 34.6 Å². The van der Waals surface area contributed by atoms with Gasteiger partial charge < -0.3 is 14.2 Å². The molecule has 2 aromatic carbocycles. The van der Waals surface area contributed by atoms with E-state index in [0.717, 1.165) is 18.6 Å². The van der Waals surface area contributed by atoms with Gasteiger partial charge in [0.1, 0.15) is 23.4 Å². The summed E-state index contributed by atoms with van der Waals surface area (Å²) in [5.41, 5.74) is 0.484. The number of rotatable bonds is 4. The van der Waals surface area contributed by atoms with Crippen molar-refractivity contribution in [2.45, 2.75) is 18.9 Å². The maximum absolute atomic E-state index is 14.0. The van der Waals surface area contributed by atoms with Gasteiger partial charge in [-0.2, -0.15) is 4.98 Å². The van der Waals surface area contributed by atoms with Crippen LogP contribution in [0.25, 0.3) is 11.4 Å². The topological polar surface area (TPSA) is 68.5 Å². The van der Waals surface area contributed by atoms with Crippen LogP contribution in [-0.2, 0) is 0 Å². The van der Waals surface area contributed by atoms with Crippen molar-refractivity contribution in [3.05, 3.63) is 65.6 Å². The van der Waals surface area contributed by atoms with Crippen LogP contribution in [0, 0.1) is 11.6 Å². The number of para-hydroxylation sites is 1. The van der Waals surface area contributed by atoms with E-state index >= 15 is 0 Å². The number of ether oxygens (including phenoxy) is 1. The van der Waals surface area contributed by atoms with Crippen molar-refractivity contribution in [2.24, 2.45) is 0 Å². The molecule has 0 saturated carbocycles. The summed E-state index contributed by atoms with van der Waals surface area (Å²) >= 11 is 0. The summed E-state index contributed by atoms with van der Waals surface area (Å²) in [6, 6.07) is 9.71. The zero-order valence-corrected chi connectivity index (χ0v) is 15.1. The van der Waals surface area contributed by atoms with Crippen LogP contribution < -0.4 is 4.74 Å². The van der Waals surface area contributed by atoms with Crippen LogP contribution in [0.5, 0.6) is 5.75 Å². The maximum Gasteiger partial charge on any atom is 0.258 e. The summed E-state index contributed by atoms with van der Waals surface area (Å²) in [6.07, 6.45) is 1.42. The molecule has 1 aromatic heterocycles. The van der Waals surface area contributed by atoms with Crippen molar-refractivity contribution in [1.82, 2.24) is 15.0 Å². The zero-order valence-electron chi connectivity index (χ0n) is 15.1. The summed E-state index contributed by atoms with van der Waals surface area (Å²) in [5, 5.41) is 3.81. The SMILES string of the molecule is COc1ccccc1C(=O)N1CCC[C@H]1c1nc(-c2ccc(F)cc2F)no1. The van der Waals surface area contributed by atoms with Gasteiger partial charge in [-0.1, -0.05) is 17.3 Å². The highest BCUT2D eigenvalue weighted by Gasteiger charge is 2.35. The van der Waals surface area contributed by atoms with E-state index in [0.29, 0.717) is 24.3 Å². The Morgan fingerprint density at radius 3 is 2.86 bits per heavy atom. The normalized spacial score (nSPS) is 16.4. The summed E-state index contributed by atoms with van der Waals surface area (Å²) in [4.78, 5) is 18.9. The number of halogens is 2. The van der Waals surface area contributed by atoms with Crippen molar-refractivity contribution in [2.75, 3.05) is 13.7 Å². The Bertz CT molecular complexity index is 1020. The number of aromatic nitrogens is 2. The number of amides is 1. The molecule has 3 aromatic rings. The third kappa shape index (κ3) is 3.21. The highest BCUT2D eigenvalue weighted by Crippen LogP contribution is 2.34. The van der Waals surface area contributed by atoms with Crippen LogP contribution in [0.2, 0.25) is 0 Å². The largest absolute Gasteiger partial charge is 0.496 e. The quantitative estimate of drug-likeness (QED) is 0.679. The number of methoxy groups -OCH3 is 1. The second-order valence-corrected chi connectivity index (χ2v) is 6.44. The minimum Gasteiger partial charge on any atom is -0.496 e. The monoisotopic (exact) mass is 385 g/mol. The van der Waals surface area contributed by atoms with Gasteiger partial charge in [0.2, 0.25) is 11.7 Å². The first-order valence-electron chi connectivity index (χ1n) is 8.81. The molecule has 28 heavy (non-hydrogen) atoms. The molecular weight excluding hydrogens is 368 g/mol. The lowest BCUT2D eigenvalue weighted by atomic mass is 10.1. The first-order chi connectivity index (χ1) is 13.6. The van der Waals surface area contributed by atoms with E-state index in [9.17, 15) is 13.6 Å². The Morgan fingerprint density at radius 1 is 1.25 bits per heavy atom. The number of likely N-dealkylation sites (tertiary alicyclic amines) is 1. The Labute approximate surface area is 159 Å². The molecule has 1 atom stereocenters. The van der Waals surface area contributed by atoms with Crippen LogP contribution in [0.4, 0.5) is 8.78 Å². The number of hydrogen-bond donors (Lipinski definition) is 0. The molecular formula is C20H17F2N3O3. The highest BCUT2D eigenvalue weighted by molar-refractivity contribution is 5.97. The molecule has 1 saturated heterocycles.